The van der Waals surface area contributed by atoms with Gasteiger partial charge < -0.3 is 8.60 Å². The molecule has 0 fully saturated rings. The van der Waals surface area contributed by atoms with Gasteiger partial charge in [0.1, 0.15) is 16.2 Å². The highest BCUT2D eigenvalue weighted by Crippen LogP contribution is 2.31. The molecule has 1 heterocycles. The third-order valence-corrected chi connectivity index (χ3v) is 6.64. The number of hydrogen-bond acceptors (Lipinski definition) is 5. The Morgan fingerprint density at radius 1 is 0.839 bits per heavy atom. The molecular weight excluding hydrogens is 412 g/mol. The highest BCUT2D eigenvalue weighted by molar-refractivity contribution is 7.87. The standard InChI is InChI=1S/C25H22O5S/c1-16-9-11-20(12-10-16)31(27,28)30-23-14-13-21-17(2)22(15-19-7-5-4-6-8-19)25(26)29-24(21)18(23)3/h4-14H,15H2,1-3H3. The summed E-state index contributed by atoms with van der Waals surface area (Å²) in [5.41, 5.74) is 3.71. The first kappa shape index (κ1) is 20.9. The normalized spacial score (nSPS) is 11.6. The summed E-state index contributed by atoms with van der Waals surface area (Å²) in [4.78, 5) is 12.8. The second-order valence-corrected chi connectivity index (χ2v) is 9.12. The van der Waals surface area contributed by atoms with E-state index in [0.717, 1.165) is 22.1 Å². The van der Waals surface area contributed by atoms with Gasteiger partial charge in [-0.05, 0) is 56.2 Å². The van der Waals surface area contributed by atoms with E-state index in [4.69, 9.17) is 8.60 Å². The third-order valence-electron chi connectivity index (χ3n) is 5.39. The summed E-state index contributed by atoms with van der Waals surface area (Å²) in [5, 5.41) is 0.753. The van der Waals surface area contributed by atoms with E-state index < -0.39 is 15.7 Å². The van der Waals surface area contributed by atoms with Crippen molar-refractivity contribution < 1.29 is 17.0 Å². The highest BCUT2D eigenvalue weighted by atomic mass is 32.2. The Kier molecular flexibility index (Phi) is 5.41. The first-order valence-electron chi connectivity index (χ1n) is 9.87. The largest absolute Gasteiger partial charge is 0.422 e. The fourth-order valence-electron chi connectivity index (χ4n) is 3.54. The van der Waals surface area contributed by atoms with Crippen LogP contribution in [0, 0.1) is 20.8 Å². The Hall–Kier alpha value is -3.38. The van der Waals surface area contributed by atoms with E-state index in [9.17, 15) is 13.2 Å². The van der Waals surface area contributed by atoms with Crippen molar-refractivity contribution in [3.05, 3.63) is 105 Å². The van der Waals surface area contributed by atoms with Crippen LogP contribution in [0.1, 0.15) is 27.8 Å². The van der Waals surface area contributed by atoms with Crippen LogP contribution in [0.25, 0.3) is 11.0 Å². The lowest BCUT2D eigenvalue weighted by Gasteiger charge is -2.13. The van der Waals surface area contributed by atoms with Gasteiger partial charge in [0.2, 0.25) is 0 Å². The number of aryl methyl sites for hydroxylation is 3. The molecule has 1 aromatic heterocycles. The number of rotatable bonds is 5. The van der Waals surface area contributed by atoms with Crippen molar-refractivity contribution in [3.63, 3.8) is 0 Å². The Morgan fingerprint density at radius 2 is 1.52 bits per heavy atom. The van der Waals surface area contributed by atoms with Gasteiger partial charge >= 0.3 is 15.7 Å². The van der Waals surface area contributed by atoms with Gasteiger partial charge in [-0.15, -0.1) is 0 Å². The average molecular weight is 435 g/mol. The maximum absolute atomic E-state index is 12.7. The minimum absolute atomic E-state index is 0.0634. The van der Waals surface area contributed by atoms with Crippen molar-refractivity contribution in [3.8, 4) is 5.75 Å². The molecular formula is C25H22O5S. The Balaban J connectivity index is 1.75. The number of hydrogen-bond donors (Lipinski definition) is 0. The summed E-state index contributed by atoms with van der Waals surface area (Å²) >= 11 is 0. The topological polar surface area (TPSA) is 73.6 Å². The minimum Gasteiger partial charge on any atom is -0.422 e. The molecule has 0 bridgehead atoms. The highest BCUT2D eigenvalue weighted by Gasteiger charge is 2.21. The monoisotopic (exact) mass is 434 g/mol. The lowest BCUT2D eigenvalue weighted by Crippen LogP contribution is -2.13. The van der Waals surface area contributed by atoms with Gasteiger partial charge in [0.15, 0.2) is 0 Å². The predicted octanol–water partition coefficient (Wildman–Crippen LogP) is 5.08. The molecule has 5 nitrogen and oxygen atoms in total. The van der Waals surface area contributed by atoms with Gasteiger partial charge in [-0.2, -0.15) is 8.42 Å². The van der Waals surface area contributed by atoms with Gasteiger partial charge in [0.05, 0.1) is 0 Å². The quantitative estimate of drug-likeness (QED) is 0.324. The summed E-state index contributed by atoms with van der Waals surface area (Å²) in [5.74, 6) is 0.131. The van der Waals surface area contributed by atoms with Crippen LogP contribution < -0.4 is 9.81 Å². The average Bonchev–Trinajstić information content (AvgIpc) is 2.74. The third kappa shape index (κ3) is 4.11. The van der Waals surface area contributed by atoms with Crippen LogP contribution in [0.3, 0.4) is 0 Å². The molecule has 158 valence electrons. The maximum Gasteiger partial charge on any atom is 0.340 e. The number of benzene rings is 3. The first-order chi connectivity index (χ1) is 14.8. The molecule has 3 aromatic carbocycles. The van der Waals surface area contributed by atoms with Gasteiger partial charge in [-0.1, -0.05) is 48.0 Å². The van der Waals surface area contributed by atoms with E-state index in [2.05, 4.69) is 0 Å². The van der Waals surface area contributed by atoms with Crippen LogP contribution in [0.5, 0.6) is 5.75 Å². The van der Waals surface area contributed by atoms with E-state index in [1.165, 1.54) is 12.1 Å². The molecule has 4 aromatic rings. The van der Waals surface area contributed by atoms with Crippen LogP contribution in [0.4, 0.5) is 0 Å². The summed E-state index contributed by atoms with van der Waals surface area (Å²) in [7, 11) is -4.01. The van der Waals surface area contributed by atoms with Crippen LogP contribution in [0.15, 0.2) is 80.8 Å². The molecule has 6 heteroatoms. The second-order valence-electron chi connectivity index (χ2n) is 7.57. The molecule has 0 saturated heterocycles. The molecule has 0 spiro atoms. The summed E-state index contributed by atoms with van der Waals surface area (Å²) < 4.78 is 36.4. The zero-order valence-electron chi connectivity index (χ0n) is 17.5. The SMILES string of the molecule is Cc1ccc(S(=O)(=O)Oc2ccc3c(C)c(Cc4ccccc4)c(=O)oc3c2C)cc1. The van der Waals surface area contributed by atoms with E-state index >= 15 is 0 Å². The van der Waals surface area contributed by atoms with E-state index in [-0.39, 0.29) is 10.6 Å². The van der Waals surface area contributed by atoms with E-state index in [0.29, 0.717) is 23.1 Å². The maximum atomic E-state index is 12.7. The Bertz CT molecular complexity index is 1420. The lowest BCUT2D eigenvalue weighted by molar-refractivity contribution is 0.482. The molecule has 0 amide bonds. The summed E-state index contributed by atoms with van der Waals surface area (Å²) in [6.07, 6.45) is 0.462. The number of fused-ring (bicyclic) bond motifs is 1. The van der Waals surface area contributed by atoms with E-state index in [1.54, 1.807) is 31.2 Å². The van der Waals surface area contributed by atoms with Crippen LogP contribution in [-0.4, -0.2) is 8.42 Å². The molecule has 0 unspecified atom stereocenters. The van der Waals surface area contributed by atoms with Crippen LogP contribution >= 0.6 is 0 Å². The molecule has 0 aliphatic carbocycles. The fraction of sp³-hybridized carbons (Fsp3) is 0.160. The van der Waals surface area contributed by atoms with Crippen molar-refractivity contribution in [2.75, 3.05) is 0 Å². The van der Waals surface area contributed by atoms with Crippen molar-refractivity contribution in [1.82, 2.24) is 0 Å². The Morgan fingerprint density at radius 3 is 2.19 bits per heavy atom. The fourth-order valence-corrected chi connectivity index (χ4v) is 4.52. The van der Waals surface area contributed by atoms with Gasteiger partial charge in [0, 0.05) is 22.9 Å². The van der Waals surface area contributed by atoms with Crippen molar-refractivity contribution in [2.24, 2.45) is 0 Å². The van der Waals surface area contributed by atoms with Crippen molar-refractivity contribution in [1.29, 1.82) is 0 Å². The Labute approximate surface area is 181 Å². The molecule has 0 aliphatic rings. The first-order valence-corrected chi connectivity index (χ1v) is 11.3. The molecule has 31 heavy (non-hydrogen) atoms. The summed E-state index contributed by atoms with van der Waals surface area (Å²) in [6.45, 7) is 5.43. The molecule has 0 radical (unpaired) electrons. The lowest BCUT2D eigenvalue weighted by atomic mass is 9.98. The van der Waals surface area contributed by atoms with Gasteiger partial charge in [0.25, 0.3) is 0 Å². The van der Waals surface area contributed by atoms with Crippen LogP contribution in [-0.2, 0) is 16.5 Å². The van der Waals surface area contributed by atoms with Crippen molar-refractivity contribution in [2.45, 2.75) is 32.1 Å². The predicted molar refractivity (Wildman–Crippen MR) is 120 cm³/mol. The van der Waals surface area contributed by atoms with E-state index in [1.807, 2.05) is 44.2 Å². The van der Waals surface area contributed by atoms with Gasteiger partial charge in [-0.25, -0.2) is 4.79 Å². The molecule has 0 N–H and O–H groups in total. The smallest absolute Gasteiger partial charge is 0.340 e. The summed E-state index contributed by atoms with van der Waals surface area (Å²) in [6, 6.07) is 19.4. The molecule has 4 rings (SSSR count). The minimum atomic E-state index is -4.01. The second kappa shape index (κ2) is 8.04. The van der Waals surface area contributed by atoms with Gasteiger partial charge in [-0.3, -0.25) is 0 Å². The van der Waals surface area contributed by atoms with Crippen LogP contribution in [0.2, 0.25) is 0 Å². The molecule has 0 atom stereocenters. The molecule has 0 saturated carbocycles. The zero-order valence-corrected chi connectivity index (χ0v) is 18.3. The zero-order chi connectivity index (χ0) is 22.2. The molecule has 0 aliphatic heterocycles. The van der Waals surface area contributed by atoms with Crippen molar-refractivity contribution >= 4 is 21.1 Å².